The van der Waals surface area contributed by atoms with E-state index in [1.807, 2.05) is 66.7 Å². The van der Waals surface area contributed by atoms with Crippen LogP contribution in [0.5, 0.6) is 0 Å². The van der Waals surface area contributed by atoms with Crippen LogP contribution >= 0.6 is 23.4 Å². The summed E-state index contributed by atoms with van der Waals surface area (Å²) in [6.07, 6.45) is 1.37. The summed E-state index contributed by atoms with van der Waals surface area (Å²) >= 11 is 7.70. The average Bonchev–Trinajstić information content (AvgIpc) is 2.91. The lowest BCUT2D eigenvalue weighted by Gasteiger charge is -2.33. The van der Waals surface area contributed by atoms with Crippen molar-refractivity contribution in [2.75, 3.05) is 30.5 Å². The van der Waals surface area contributed by atoms with Crippen LogP contribution in [-0.2, 0) is 0 Å². The number of halogens is 1. The van der Waals surface area contributed by atoms with Crippen LogP contribution in [-0.4, -0.2) is 35.8 Å². The number of nitrogens with zero attached hydrogens (tertiary/aromatic N) is 4. The minimum Gasteiger partial charge on any atom is -0.353 e. The van der Waals surface area contributed by atoms with E-state index < -0.39 is 6.17 Å². The molecule has 4 N–H and O–H groups in total. The first-order chi connectivity index (χ1) is 17.6. The molecule has 36 heavy (non-hydrogen) atoms. The van der Waals surface area contributed by atoms with Crippen molar-refractivity contribution in [2.24, 2.45) is 10.8 Å². The third kappa shape index (κ3) is 5.37. The zero-order valence-electron chi connectivity index (χ0n) is 19.7. The molecule has 0 aliphatic carbocycles. The summed E-state index contributed by atoms with van der Waals surface area (Å²) in [5.74, 6) is 0.619. The molecule has 0 spiro atoms. The van der Waals surface area contributed by atoms with Gasteiger partial charge in [-0.1, -0.05) is 59.8 Å². The molecule has 0 saturated heterocycles. The highest BCUT2D eigenvalue weighted by atomic mass is 35.5. The van der Waals surface area contributed by atoms with Gasteiger partial charge in [0.25, 0.3) is 0 Å². The summed E-state index contributed by atoms with van der Waals surface area (Å²) in [7, 11) is 1.91. The minimum absolute atomic E-state index is 0.399. The van der Waals surface area contributed by atoms with E-state index in [0.29, 0.717) is 11.0 Å². The third-order valence-electron chi connectivity index (χ3n) is 5.74. The molecule has 0 fully saturated rings. The lowest BCUT2D eigenvalue weighted by Crippen LogP contribution is -2.36. The Kier molecular flexibility index (Phi) is 7.48. The monoisotopic (exact) mass is 515 g/mol. The fraction of sp³-hybridized carbons (Fsp3) is 0.148. The molecule has 182 valence electrons. The number of nitrogens with two attached hydrogens (primary N) is 1. The number of benzene rings is 3. The van der Waals surface area contributed by atoms with E-state index in [1.54, 1.807) is 18.0 Å². The van der Waals surface area contributed by atoms with Crippen molar-refractivity contribution in [2.45, 2.75) is 16.1 Å². The highest BCUT2D eigenvalue weighted by Crippen LogP contribution is 2.34. The van der Waals surface area contributed by atoms with Crippen molar-refractivity contribution in [1.29, 1.82) is 0 Å². The van der Waals surface area contributed by atoms with Crippen molar-refractivity contribution in [3.05, 3.63) is 107 Å². The first kappa shape index (κ1) is 24.3. The number of nitrogens with one attached hydrogen (secondary N) is 2. The number of likely N-dealkylation sites (N-methyl/N-ethyl adjacent to an activating group) is 1. The molecule has 0 bridgehead atoms. The summed E-state index contributed by atoms with van der Waals surface area (Å²) in [5, 5.41) is 14.7. The van der Waals surface area contributed by atoms with Gasteiger partial charge in [-0.2, -0.15) is 5.10 Å². The van der Waals surface area contributed by atoms with Gasteiger partial charge in [-0.25, -0.2) is 15.0 Å². The number of rotatable bonds is 8. The van der Waals surface area contributed by atoms with E-state index in [9.17, 15) is 0 Å². The molecule has 5 rings (SSSR count). The van der Waals surface area contributed by atoms with Crippen LogP contribution in [0.2, 0.25) is 5.02 Å². The van der Waals surface area contributed by atoms with E-state index in [0.717, 1.165) is 51.1 Å². The van der Waals surface area contributed by atoms with Crippen molar-refractivity contribution in [3.8, 4) is 0 Å². The fourth-order valence-electron chi connectivity index (χ4n) is 3.94. The smallest absolute Gasteiger partial charge is 0.223 e. The molecule has 1 aromatic heterocycles. The summed E-state index contributed by atoms with van der Waals surface area (Å²) in [6, 6.07) is 25.9. The molecule has 1 atom stereocenters. The summed E-state index contributed by atoms with van der Waals surface area (Å²) in [6.45, 7) is 1.60. The predicted octanol–water partition coefficient (Wildman–Crippen LogP) is 5.14. The molecule has 0 saturated carbocycles. The van der Waals surface area contributed by atoms with Gasteiger partial charge in [0.15, 0.2) is 0 Å². The van der Waals surface area contributed by atoms with Gasteiger partial charge in [-0.05, 0) is 49.5 Å². The SMILES string of the molecule is CNCCNc1nccc(Sc2ccc(N3N=C(c4ccc(Cl)cc4)c4ccccc4C3N)cc2)n1. The Morgan fingerprint density at radius 2 is 1.75 bits per heavy atom. The van der Waals surface area contributed by atoms with Crippen LogP contribution in [0.15, 0.2) is 100 Å². The summed E-state index contributed by atoms with van der Waals surface area (Å²) < 4.78 is 0. The van der Waals surface area contributed by atoms with Gasteiger partial charge in [-0.15, -0.1) is 0 Å². The zero-order chi connectivity index (χ0) is 24.9. The largest absolute Gasteiger partial charge is 0.353 e. The van der Waals surface area contributed by atoms with E-state index in [1.165, 1.54) is 0 Å². The number of fused-ring (bicyclic) bond motifs is 1. The highest BCUT2D eigenvalue weighted by Gasteiger charge is 2.27. The lowest BCUT2D eigenvalue weighted by molar-refractivity contribution is 0.657. The lowest BCUT2D eigenvalue weighted by atomic mass is 9.94. The molecule has 9 heteroatoms. The number of anilines is 2. The topological polar surface area (TPSA) is 91.5 Å². The Morgan fingerprint density at radius 1 is 0.972 bits per heavy atom. The maximum atomic E-state index is 6.68. The molecule has 1 unspecified atom stereocenters. The van der Waals surface area contributed by atoms with Crippen molar-refractivity contribution >= 4 is 40.7 Å². The normalized spacial score (nSPS) is 14.8. The summed E-state index contributed by atoms with van der Waals surface area (Å²) in [4.78, 5) is 9.94. The fourth-order valence-corrected chi connectivity index (χ4v) is 4.84. The Balaban J connectivity index is 1.39. The van der Waals surface area contributed by atoms with Gasteiger partial charge in [0.05, 0.1) is 11.4 Å². The van der Waals surface area contributed by atoms with Crippen molar-refractivity contribution < 1.29 is 0 Å². The first-order valence-electron chi connectivity index (χ1n) is 11.6. The summed E-state index contributed by atoms with van der Waals surface area (Å²) in [5.41, 5.74) is 11.5. The molecule has 7 nitrogen and oxygen atoms in total. The van der Waals surface area contributed by atoms with E-state index >= 15 is 0 Å². The molecule has 1 aliphatic rings. The molecule has 1 aliphatic heterocycles. The second kappa shape index (κ2) is 11.1. The Labute approximate surface area is 219 Å². The molecule has 3 aromatic carbocycles. The van der Waals surface area contributed by atoms with E-state index in [2.05, 4.69) is 44.9 Å². The van der Waals surface area contributed by atoms with Crippen molar-refractivity contribution in [1.82, 2.24) is 15.3 Å². The van der Waals surface area contributed by atoms with Gasteiger partial charge in [-0.3, -0.25) is 0 Å². The van der Waals surface area contributed by atoms with Crippen LogP contribution in [0.4, 0.5) is 11.6 Å². The minimum atomic E-state index is -0.399. The second-order valence-corrected chi connectivity index (χ2v) is 9.71. The van der Waals surface area contributed by atoms with Crippen LogP contribution < -0.4 is 21.4 Å². The number of hydrazone groups is 1. The Bertz CT molecular complexity index is 1360. The standard InChI is InChI=1S/C27H26ClN7S/c1-30-16-17-32-27-31-15-14-24(33-27)36-21-12-10-20(11-13-21)35-26(29)23-5-3-2-4-22(23)25(34-35)18-6-8-19(28)9-7-18/h2-15,26,30H,16-17,29H2,1H3,(H,31,32,33). The second-order valence-electron chi connectivity index (χ2n) is 8.18. The van der Waals surface area contributed by atoms with Gasteiger partial charge in [0, 0.05) is 45.9 Å². The van der Waals surface area contributed by atoms with Crippen molar-refractivity contribution in [3.63, 3.8) is 0 Å². The van der Waals surface area contributed by atoms with Crippen LogP contribution in [0.25, 0.3) is 0 Å². The Hall–Kier alpha value is -3.43. The predicted molar refractivity (Wildman–Crippen MR) is 148 cm³/mol. The molecule has 4 aromatic rings. The van der Waals surface area contributed by atoms with Crippen LogP contribution in [0.1, 0.15) is 22.9 Å². The molecule has 0 radical (unpaired) electrons. The zero-order valence-corrected chi connectivity index (χ0v) is 21.3. The number of aromatic nitrogens is 2. The molecule has 0 amide bonds. The van der Waals surface area contributed by atoms with Gasteiger partial charge in [0.1, 0.15) is 11.2 Å². The molecular formula is C27H26ClN7S. The first-order valence-corrected chi connectivity index (χ1v) is 12.8. The van der Waals surface area contributed by atoms with Gasteiger partial charge in [0.2, 0.25) is 5.95 Å². The van der Waals surface area contributed by atoms with E-state index in [4.69, 9.17) is 22.4 Å². The number of hydrogen-bond acceptors (Lipinski definition) is 8. The van der Waals surface area contributed by atoms with Crippen LogP contribution in [0.3, 0.4) is 0 Å². The van der Waals surface area contributed by atoms with Gasteiger partial charge >= 0.3 is 0 Å². The molecule has 2 heterocycles. The Morgan fingerprint density at radius 3 is 2.53 bits per heavy atom. The number of hydrogen-bond donors (Lipinski definition) is 3. The quantitative estimate of drug-likeness (QED) is 0.221. The van der Waals surface area contributed by atoms with Crippen LogP contribution in [0, 0.1) is 0 Å². The maximum absolute atomic E-state index is 6.68. The highest BCUT2D eigenvalue weighted by molar-refractivity contribution is 7.99. The van der Waals surface area contributed by atoms with Gasteiger partial charge < -0.3 is 16.4 Å². The maximum Gasteiger partial charge on any atom is 0.223 e. The third-order valence-corrected chi connectivity index (χ3v) is 6.93. The average molecular weight is 516 g/mol. The molecular weight excluding hydrogens is 490 g/mol. The van der Waals surface area contributed by atoms with E-state index in [-0.39, 0.29) is 0 Å².